The molecule has 0 atom stereocenters. The minimum Gasteiger partial charge on any atom is -0.323 e. The van der Waals surface area contributed by atoms with Crippen molar-refractivity contribution in [2.45, 2.75) is 0 Å². The molecule has 0 aromatic heterocycles. The van der Waals surface area contributed by atoms with E-state index in [9.17, 15) is 9.59 Å². The van der Waals surface area contributed by atoms with Crippen molar-refractivity contribution in [3.63, 3.8) is 0 Å². The van der Waals surface area contributed by atoms with Crippen molar-refractivity contribution in [3.8, 4) is 0 Å². The van der Waals surface area contributed by atoms with Gasteiger partial charge in [0.1, 0.15) is 6.54 Å². The van der Waals surface area contributed by atoms with Crippen LogP contribution in [-0.2, 0) is 4.79 Å². The van der Waals surface area contributed by atoms with Crippen molar-refractivity contribution >= 4 is 45.8 Å². The van der Waals surface area contributed by atoms with Crippen LogP contribution in [0.25, 0.3) is 0 Å². The number of amides is 2. The van der Waals surface area contributed by atoms with E-state index in [2.05, 4.69) is 27.9 Å². The van der Waals surface area contributed by atoms with E-state index in [1.54, 1.807) is 12.1 Å². The predicted octanol–water partition coefficient (Wildman–Crippen LogP) is 2.89. The van der Waals surface area contributed by atoms with Gasteiger partial charge in [0.25, 0.3) is 5.91 Å². The van der Waals surface area contributed by atoms with Crippen molar-refractivity contribution in [3.05, 3.63) is 57.7 Å². The van der Waals surface area contributed by atoms with E-state index in [4.69, 9.17) is 0 Å². The molecule has 2 aromatic rings. The van der Waals surface area contributed by atoms with Crippen LogP contribution in [0.5, 0.6) is 0 Å². The molecule has 1 aliphatic rings. The van der Waals surface area contributed by atoms with E-state index >= 15 is 0 Å². The molecule has 0 aliphatic carbocycles. The Morgan fingerprint density at radius 1 is 1.15 bits per heavy atom. The summed E-state index contributed by atoms with van der Waals surface area (Å²) < 4.78 is 0.989. The summed E-state index contributed by atoms with van der Waals surface area (Å²) in [5.41, 5.74) is 1.99. The van der Waals surface area contributed by atoms with Gasteiger partial charge < -0.3 is 5.32 Å². The molecule has 0 bridgehead atoms. The molecule has 4 nitrogen and oxygen atoms in total. The van der Waals surface area contributed by atoms with Gasteiger partial charge >= 0.3 is 0 Å². The van der Waals surface area contributed by atoms with E-state index in [1.807, 2.05) is 36.4 Å². The van der Waals surface area contributed by atoms with Gasteiger partial charge in [-0.3, -0.25) is 14.5 Å². The lowest BCUT2D eigenvalue weighted by molar-refractivity contribution is -0.115. The Kier molecular flexibility index (Phi) is 3.43. The van der Waals surface area contributed by atoms with Gasteiger partial charge in [0.2, 0.25) is 5.91 Å². The average Bonchev–Trinajstić information content (AvgIpc) is 2.45. The molecule has 5 heteroatoms. The highest BCUT2D eigenvalue weighted by Gasteiger charge is 2.27. The molecule has 0 spiro atoms. The Balaban J connectivity index is 2.02. The third-order valence-corrected chi connectivity index (χ3v) is 3.76. The summed E-state index contributed by atoms with van der Waals surface area (Å²) >= 11 is 2.16. The van der Waals surface area contributed by atoms with E-state index in [-0.39, 0.29) is 18.4 Å². The molecular weight excluding hydrogens is 367 g/mol. The first kappa shape index (κ1) is 13.1. The monoisotopic (exact) mass is 378 g/mol. The number of rotatable bonds is 1. The van der Waals surface area contributed by atoms with Gasteiger partial charge in [-0.15, -0.1) is 0 Å². The highest BCUT2D eigenvalue weighted by atomic mass is 127. The average molecular weight is 378 g/mol. The number of hydrogen-bond donors (Lipinski definition) is 1. The van der Waals surface area contributed by atoms with E-state index in [0.29, 0.717) is 11.3 Å². The van der Waals surface area contributed by atoms with Crippen LogP contribution in [0, 0.1) is 3.57 Å². The summed E-state index contributed by atoms with van der Waals surface area (Å²) in [4.78, 5) is 25.8. The van der Waals surface area contributed by atoms with Gasteiger partial charge in [-0.05, 0) is 52.9 Å². The van der Waals surface area contributed by atoms with Gasteiger partial charge in [-0.2, -0.15) is 0 Å². The van der Waals surface area contributed by atoms with Crippen molar-refractivity contribution in [1.29, 1.82) is 0 Å². The molecule has 0 radical (unpaired) electrons. The Morgan fingerprint density at radius 3 is 2.75 bits per heavy atom. The van der Waals surface area contributed by atoms with E-state index in [0.717, 1.165) is 9.26 Å². The fourth-order valence-corrected chi connectivity index (χ4v) is 2.73. The first-order valence-electron chi connectivity index (χ1n) is 6.11. The molecule has 0 saturated heterocycles. The smallest absolute Gasteiger partial charge is 0.258 e. The molecule has 2 aromatic carbocycles. The summed E-state index contributed by atoms with van der Waals surface area (Å²) in [5.74, 6) is -0.339. The number of hydrogen-bond acceptors (Lipinski definition) is 2. The van der Waals surface area contributed by atoms with Crippen molar-refractivity contribution in [2.24, 2.45) is 0 Å². The van der Waals surface area contributed by atoms with Crippen molar-refractivity contribution in [1.82, 2.24) is 0 Å². The highest BCUT2D eigenvalue weighted by molar-refractivity contribution is 14.1. The Morgan fingerprint density at radius 2 is 1.95 bits per heavy atom. The summed E-state index contributed by atoms with van der Waals surface area (Å²) in [7, 11) is 0. The zero-order chi connectivity index (χ0) is 14.1. The third kappa shape index (κ3) is 2.40. The van der Waals surface area contributed by atoms with E-state index in [1.165, 1.54) is 4.90 Å². The van der Waals surface area contributed by atoms with Crippen LogP contribution in [0.2, 0.25) is 0 Å². The molecule has 2 amide bonds. The van der Waals surface area contributed by atoms with Gasteiger partial charge in [0.05, 0.1) is 11.4 Å². The zero-order valence-electron chi connectivity index (χ0n) is 10.5. The zero-order valence-corrected chi connectivity index (χ0v) is 12.6. The maximum absolute atomic E-state index is 12.6. The lowest BCUT2D eigenvalue weighted by Gasteiger charge is -2.29. The number of benzene rings is 2. The fourth-order valence-electron chi connectivity index (χ4n) is 2.19. The molecule has 0 unspecified atom stereocenters. The second kappa shape index (κ2) is 5.24. The first-order valence-corrected chi connectivity index (χ1v) is 7.19. The number of carbonyl (C=O) groups excluding carboxylic acids is 2. The summed E-state index contributed by atoms with van der Waals surface area (Å²) in [6.07, 6.45) is 0. The molecule has 20 heavy (non-hydrogen) atoms. The fraction of sp³-hybridized carbons (Fsp3) is 0.0667. The quantitative estimate of drug-likeness (QED) is 0.776. The topological polar surface area (TPSA) is 49.4 Å². The maximum atomic E-state index is 12.6. The Hall–Kier alpha value is -1.89. The van der Waals surface area contributed by atoms with Crippen LogP contribution in [0.15, 0.2) is 48.5 Å². The molecule has 100 valence electrons. The normalized spacial score (nSPS) is 13.7. The number of fused-ring (bicyclic) bond motifs is 1. The molecule has 3 rings (SSSR count). The summed E-state index contributed by atoms with van der Waals surface area (Å²) in [6.45, 7) is 0.0430. The minimum atomic E-state index is -0.178. The minimum absolute atomic E-state index is 0.0430. The van der Waals surface area contributed by atoms with Crippen LogP contribution in [-0.4, -0.2) is 18.4 Å². The Labute approximate surface area is 129 Å². The highest BCUT2D eigenvalue weighted by Crippen LogP contribution is 2.30. The number of nitrogens with zero attached hydrogens (tertiary/aromatic N) is 1. The van der Waals surface area contributed by atoms with E-state index < -0.39 is 0 Å². The molecule has 0 saturated carbocycles. The summed E-state index contributed by atoms with van der Waals surface area (Å²) in [5, 5.41) is 2.77. The molecule has 1 heterocycles. The van der Waals surface area contributed by atoms with Gasteiger partial charge in [-0.1, -0.05) is 18.2 Å². The number of carbonyl (C=O) groups is 2. The van der Waals surface area contributed by atoms with Crippen LogP contribution in [0.3, 0.4) is 0 Å². The van der Waals surface area contributed by atoms with Crippen molar-refractivity contribution < 1.29 is 9.59 Å². The predicted molar refractivity (Wildman–Crippen MR) is 85.9 cm³/mol. The SMILES string of the molecule is O=C1CN(C(=O)c2cccc(I)c2)c2ccccc2N1. The largest absolute Gasteiger partial charge is 0.323 e. The molecular formula is C15H11IN2O2. The molecule has 1 aliphatic heterocycles. The number of halogens is 1. The molecule has 1 N–H and O–H groups in total. The maximum Gasteiger partial charge on any atom is 0.258 e. The number of para-hydroxylation sites is 2. The van der Waals surface area contributed by atoms with Crippen molar-refractivity contribution in [2.75, 3.05) is 16.8 Å². The lowest BCUT2D eigenvalue weighted by Crippen LogP contribution is -2.42. The van der Waals surface area contributed by atoms with Gasteiger partial charge in [0.15, 0.2) is 0 Å². The standard InChI is InChI=1S/C15H11IN2O2/c16-11-5-3-4-10(8-11)15(20)18-9-14(19)17-12-6-1-2-7-13(12)18/h1-8H,9H2,(H,17,19). The van der Waals surface area contributed by atoms with Gasteiger partial charge in [-0.25, -0.2) is 0 Å². The molecule has 0 fully saturated rings. The second-order valence-electron chi connectivity index (χ2n) is 4.47. The second-order valence-corrected chi connectivity index (χ2v) is 5.71. The van der Waals surface area contributed by atoms with Crippen LogP contribution >= 0.6 is 22.6 Å². The number of nitrogens with one attached hydrogen (secondary N) is 1. The first-order chi connectivity index (χ1) is 9.65. The van der Waals surface area contributed by atoms with Gasteiger partial charge in [0, 0.05) is 9.13 Å². The summed E-state index contributed by atoms with van der Waals surface area (Å²) in [6, 6.07) is 14.7. The Bertz CT molecular complexity index is 700. The van der Waals surface area contributed by atoms with Crippen LogP contribution in [0.1, 0.15) is 10.4 Å². The van der Waals surface area contributed by atoms with Crippen LogP contribution in [0.4, 0.5) is 11.4 Å². The lowest BCUT2D eigenvalue weighted by atomic mass is 10.1. The number of anilines is 2. The third-order valence-electron chi connectivity index (χ3n) is 3.09. The van der Waals surface area contributed by atoms with Crippen LogP contribution < -0.4 is 10.2 Å².